The van der Waals surface area contributed by atoms with Gasteiger partial charge < -0.3 is 0 Å². The molecule has 0 aliphatic carbocycles. The maximum atomic E-state index is 5.49. The number of halogens is 2. The van der Waals surface area contributed by atoms with Crippen LogP contribution in [0.2, 0.25) is 5.15 Å². The van der Waals surface area contributed by atoms with Gasteiger partial charge in [-0.1, -0.05) is 34.2 Å². The first kappa shape index (κ1) is 11.1. The van der Waals surface area contributed by atoms with Crippen LogP contribution >= 0.6 is 34.2 Å². The molecule has 1 rings (SSSR count). The molecule has 0 radical (unpaired) electrons. The molecule has 0 fully saturated rings. The zero-order valence-electron chi connectivity index (χ0n) is 4.51. The number of hydrogen-bond donors (Lipinski definition) is 0. The molecule has 2 nitrogen and oxygen atoms in total. The van der Waals surface area contributed by atoms with Crippen LogP contribution in [0.3, 0.4) is 0 Å². The summed E-state index contributed by atoms with van der Waals surface area (Å²) in [5, 5.41) is 0.448. The van der Waals surface area contributed by atoms with Crippen LogP contribution in [0.1, 0.15) is 5.69 Å². The topological polar surface area (TPSA) is 25.8 Å². The molecule has 0 atom stereocenters. The summed E-state index contributed by atoms with van der Waals surface area (Å²) < 4.78 is 0.877. The van der Waals surface area contributed by atoms with Crippen molar-refractivity contribution in [2.75, 3.05) is 0 Å². The van der Waals surface area contributed by atoms with Crippen LogP contribution in [0.15, 0.2) is 12.4 Å². The summed E-state index contributed by atoms with van der Waals surface area (Å²) in [6.45, 7) is 0. The van der Waals surface area contributed by atoms with E-state index in [0.717, 1.165) is 10.1 Å². The van der Waals surface area contributed by atoms with Gasteiger partial charge in [0.15, 0.2) is 0 Å². The average Bonchev–Trinajstić information content (AvgIpc) is 1.90. The Morgan fingerprint density at radius 3 is 2.50 bits per heavy atom. The third kappa shape index (κ3) is 3.48. The summed E-state index contributed by atoms with van der Waals surface area (Å²) in [5.74, 6) is 0. The average molecular weight is 278 g/mol. The second kappa shape index (κ2) is 5.71. The van der Waals surface area contributed by atoms with Crippen molar-refractivity contribution in [2.45, 2.75) is 4.43 Å². The fraction of sp³-hybridized carbons (Fsp3) is 0.200. The van der Waals surface area contributed by atoms with E-state index in [2.05, 4.69) is 32.6 Å². The second-order valence-corrected chi connectivity index (χ2v) is 2.61. The normalized spacial score (nSPS) is 8.60. The molecule has 0 saturated carbocycles. The summed E-state index contributed by atoms with van der Waals surface area (Å²) in [6.07, 6.45) is 3.23. The fourth-order valence-corrected chi connectivity index (χ4v) is 0.900. The van der Waals surface area contributed by atoms with Gasteiger partial charge in [-0.2, -0.15) is 0 Å². The number of hydrogen-bond acceptors (Lipinski definition) is 2. The van der Waals surface area contributed by atoms with Crippen LogP contribution in [-0.2, 0) is 4.43 Å². The molecule has 0 unspecified atom stereocenters. The van der Waals surface area contributed by atoms with E-state index in [1.54, 1.807) is 12.4 Å². The summed E-state index contributed by atoms with van der Waals surface area (Å²) in [5.41, 5.74) is 0.958. The Hall–Kier alpha value is 1.10. The van der Waals surface area contributed by atoms with Crippen LogP contribution < -0.4 is 0 Å². The van der Waals surface area contributed by atoms with Crippen LogP contribution in [0.25, 0.3) is 0 Å². The molecule has 10 heavy (non-hydrogen) atoms. The Labute approximate surface area is 100 Å². The van der Waals surface area contributed by atoms with Gasteiger partial charge in [0.25, 0.3) is 0 Å². The molecule has 0 aliphatic heterocycles. The molecule has 0 N–H and O–H groups in total. The van der Waals surface area contributed by atoms with Crippen molar-refractivity contribution in [3.05, 3.63) is 23.2 Å². The van der Waals surface area contributed by atoms with Crippen LogP contribution in [-0.4, -0.2) is 39.5 Å². The molecule has 1 aromatic heterocycles. The zero-order valence-corrected chi connectivity index (χ0v) is 7.43. The van der Waals surface area contributed by atoms with Crippen molar-refractivity contribution >= 4 is 63.7 Å². The van der Waals surface area contributed by atoms with E-state index in [0.29, 0.717) is 5.15 Å². The van der Waals surface area contributed by atoms with Crippen molar-refractivity contribution in [3.8, 4) is 0 Å². The Morgan fingerprint density at radius 1 is 1.40 bits per heavy atom. The summed E-state index contributed by atoms with van der Waals surface area (Å²) in [6, 6.07) is 0. The molecule has 0 aliphatic rings. The van der Waals surface area contributed by atoms with Crippen molar-refractivity contribution in [2.24, 2.45) is 0 Å². The fourth-order valence-electron chi connectivity index (χ4n) is 0.408. The summed E-state index contributed by atoms with van der Waals surface area (Å²) in [4.78, 5) is 7.84. The monoisotopic (exact) mass is 278 g/mol. The summed E-state index contributed by atoms with van der Waals surface area (Å²) in [7, 11) is 0. The van der Waals surface area contributed by atoms with Gasteiger partial charge in [-0.15, -0.1) is 0 Å². The third-order valence-corrected chi connectivity index (χ3v) is 1.79. The quantitative estimate of drug-likeness (QED) is 0.441. The van der Waals surface area contributed by atoms with Gasteiger partial charge in [0.05, 0.1) is 18.1 Å². The predicted molar refractivity (Wildman–Crippen MR) is 51.9 cm³/mol. The first-order chi connectivity index (χ1) is 4.33. The first-order valence-electron chi connectivity index (χ1n) is 2.35. The van der Waals surface area contributed by atoms with Gasteiger partial charge in [0.2, 0.25) is 0 Å². The Balaban J connectivity index is 0.000000810. The Morgan fingerprint density at radius 2 is 2.10 bits per heavy atom. The Kier molecular flexibility index (Phi) is 6.34. The number of alkyl halides is 1. The SMILES string of the molecule is Clc1cnc(CI)cn1.[NaH]. The predicted octanol–water partition coefficient (Wildman–Crippen LogP) is 1.42. The molecule has 0 saturated heterocycles. The van der Waals surface area contributed by atoms with Crippen LogP contribution in [0, 0.1) is 0 Å². The molecule has 5 heteroatoms. The van der Waals surface area contributed by atoms with Gasteiger partial charge in [0.1, 0.15) is 5.15 Å². The van der Waals surface area contributed by atoms with Gasteiger partial charge in [-0.3, -0.25) is 4.98 Å². The van der Waals surface area contributed by atoms with Crippen LogP contribution in [0.5, 0.6) is 0 Å². The van der Waals surface area contributed by atoms with Crippen molar-refractivity contribution in [3.63, 3.8) is 0 Å². The standard InChI is InChI=1S/C5H4ClIN2.Na.H/c6-5-3-8-4(1-7)2-9-5;;/h2-3H,1H2;;. The Bertz CT molecular complexity index is 191. The molecule has 1 heterocycles. The van der Waals surface area contributed by atoms with E-state index in [1.807, 2.05) is 0 Å². The minimum absolute atomic E-state index is 0. The van der Waals surface area contributed by atoms with Gasteiger partial charge in [0, 0.05) is 4.43 Å². The third-order valence-electron chi connectivity index (χ3n) is 0.811. The van der Waals surface area contributed by atoms with E-state index in [1.165, 1.54) is 0 Å². The van der Waals surface area contributed by atoms with Crippen molar-refractivity contribution in [1.82, 2.24) is 9.97 Å². The molecule has 0 bridgehead atoms. The number of nitrogens with zero attached hydrogens (tertiary/aromatic N) is 2. The number of rotatable bonds is 1. The molecule has 0 spiro atoms. The molecular formula is C5H5ClIN2Na. The molecule has 0 amide bonds. The first-order valence-corrected chi connectivity index (χ1v) is 4.25. The second-order valence-electron chi connectivity index (χ2n) is 1.46. The molecule has 0 aromatic carbocycles. The molecular weight excluding hydrogens is 273 g/mol. The maximum absolute atomic E-state index is 5.49. The van der Waals surface area contributed by atoms with Crippen LogP contribution in [0.4, 0.5) is 0 Å². The van der Waals surface area contributed by atoms with Crippen molar-refractivity contribution < 1.29 is 0 Å². The van der Waals surface area contributed by atoms with Crippen molar-refractivity contribution in [1.29, 1.82) is 0 Å². The van der Waals surface area contributed by atoms with E-state index in [-0.39, 0.29) is 29.6 Å². The van der Waals surface area contributed by atoms with E-state index in [9.17, 15) is 0 Å². The van der Waals surface area contributed by atoms with E-state index in [4.69, 9.17) is 11.6 Å². The molecule has 1 aromatic rings. The zero-order chi connectivity index (χ0) is 6.69. The van der Waals surface area contributed by atoms with Gasteiger partial charge >= 0.3 is 29.6 Å². The minimum atomic E-state index is 0. The molecule has 50 valence electrons. The van der Waals surface area contributed by atoms with Gasteiger partial charge in [-0.05, 0) is 0 Å². The van der Waals surface area contributed by atoms with Gasteiger partial charge in [-0.25, -0.2) is 4.98 Å². The number of aromatic nitrogens is 2. The summed E-state index contributed by atoms with van der Waals surface area (Å²) >= 11 is 7.71. The van der Waals surface area contributed by atoms with E-state index >= 15 is 0 Å². The van der Waals surface area contributed by atoms with E-state index < -0.39 is 0 Å².